The van der Waals surface area contributed by atoms with E-state index in [-0.39, 0.29) is 24.6 Å². The summed E-state index contributed by atoms with van der Waals surface area (Å²) in [5.41, 5.74) is 1.50. The highest BCUT2D eigenvalue weighted by Gasteiger charge is 2.28. The summed E-state index contributed by atoms with van der Waals surface area (Å²) < 4.78 is 13.4. The van der Waals surface area contributed by atoms with E-state index in [1.807, 2.05) is 24.3 Å². The summed E-state index contributed by atoms with van der Waals surface area (Å²) in [6.45, 7) is 4.13. The summed E-state index contributed by atoms with van der Waals surface area (Å²) in [7, 11) is 0. The SMILES string of the molecule is CC(C)(c1cc(Br)c(OC(=O)CCCl)c(Br)c1)c1cc(Br)c(OC(=O)CCCl)c(Br)c1. The van der Waals surface area contributed by atoms with Gasteiger partial charge in [-0.3, -0.25) is 9.59 Å². The van der Waals surface area contributed by atoms with Crippen molar-refractivity contribution < 1.29 is 19.1 Å². The second-order valence-electron chi connectivity index (χ2n) is 6.99. The first-order valence-electron chi connectivity index (χ1n) is 9.03. The van der Waals surface area contributed by atoms with E-state index in [0.717, 1.165) is 11.1 Å². The molecule has 10 heteroatoms. The average molecular weight is 725 g/mol. The first-order chi connectivity index (χ1) is 14.5. The van der Waals surface area contributed by atoms with Crippen molar-refractivity contribution >= 4 is 98.9 Å². The van der Waals surface area contributed by atoms with Gasteiger partial charge in [0.05, 0.1) is 30.7 Å². The Morgan fingerprint density at radius 3 is 1.29 bits per heavy atom. The van der Waals surface area contributed by atoms with Gasteiger partial charge >= 0.3 is 11.9 Å². The van der Waals surface area contributed by atoms with Crippen molar-refractivity contribution in [1.82, 2.24) is 0 Å². The zero-order chi connectivity index (χ0) is 23.3. The quantitative estimate of drug-likeness (QED) is 0.157. The summed E-state index contributed by atoms with van der Waals surface area (Å²) in [5, 5.41) is 0. The van der Waals surface area contributed by atoms with E-state index < -0.39 is 17.4 Å². The number of alkyl halides is 2. The number of esters is 2. The Morgan fingerprint density at radius 1 is 0.742 bits per heavy atom. The van der Waals surface area contributed by atoms with Gasteiger partial charge in [-0.05, 0) is 99.1 Å². The summed E-state index contributed by atoms with van der Waals surface area (Å²) in [5.74, 6) is 0.378. The molecule has 168 valence electrons. The van der Waals surface area contributed by atoms with Gasteiger partial charge in [0, 0.05) is 17.2 Å². The topological polar surface area (TPSA) is 52.6 Å². The third kappa shape index (κ3) is 6.93. The number of benzene rings is 2. The molecular formula is C21H18Br4Cl2O4. The van der Waals surface area contributed by atoms with Crippen LogP contribution in [0.4, 0.5) is 0 Å². The Morgan fingerprint density at radius 2 is 1.03 bits per heavy atom. The van der Waals surface area contributed by atoms with Gasteiger partial charge in [0.2, 0.25) is 0 Å². The van der Waals surface area contributed by atoms with Crippen LogP contribution in [0.5, 0.6) is 11.5 Å². The van der Waals surface area contributed by atoms with Gasteiger partial charge in [0.1, 0.15) is 0 Å². The van der Waals surface area contributed by atoms with Crippen molar-refractivity contribution in [1.29, 1.82) is 0 Å². The van der Waals surface area contributed by atoms with Gasteiger partial charge < -0.3 is 9.47 Å². The summed E-state index contributed by atoms with van der Waals surface area (Å²) >= 11 is 25.2. The largest absolute Gasteiger partial charge is 0.424 e. The Labute approximate surface area is 224 Å². The van der Waals surface area contributed by atoms with E-state index in [1.165, 1.54) is 0 Å². The second-order valence-corrected chi connectivity index (χ2v) is 11.2. The van der Waals surface area contributed by atoms with Crippen LogP contribution < -0.4 is 9.47 Å². The molecule has 2 rings (SSSR count). The van der Waals surface area contributed by atoms with Crippen LogP contribution >= 0.6 is 86.9 Å². The van der Waals surface area contributed by atoms with Gasteiger partial charge in [0.15, 0.2) is 11.5 Å². The van der Waals surface area contributed by atoms with Crippen molar-refractivity contribution in [2.45, 2.75) is 32.1 Å². The molecule has 31 heavy (non-hydrogen) atoms. The molecule has 0 atom stereocenters. The van der Waals surface area contributed by atoms with Crippen molar-refractivity contribution in [3.05, 3.63) is 53.3 Å². The molecule has 0 N–H and O–H groups in total. The molecule has 0 spiro atoms. The fraction of sp³-hybridized carbons (Fsp3) is 0.333. The van der Waals surface area contributed by atoms with Crippen molar-refractivity contribution in [2.24, 2.45) is 0 Å². The molecule has 2 aromatic rings. The van der Waals surface area contributed by atoms with Gasteiger partial charge in [-0.2, -0.15) is 0 Å². The third-order valence-electron chi connectivity index (χ3n) is 4.47. The van der Waals surface area contributed by atoms with E-state index in [4.69, 9.17) is 32.7 Å². The highest BCUT2D eigenvalue weighted by molar-refractivity contribution is 9.11. The number of carbonyl (C=O) groups excluding carboxylic acids is 2. The highest BCUT2D eigenvalue weighted by Crippen LogP contribution is 2.44. The van der Waals surface area contributed by atoms with Crippen LogP contribution in [0, 0.1) is 0 Å². The number of carbonyl (C=O) groups is 2. The molecule has 0 fully saturated rings. The van der Waals surface area contributed by atoms with Crippen LogP contribution in [0.15, 0.2) is 42.2 Å². The maximum atomic E-state index is 11.8. The molecule has 4 nitrogen and oxygen atoms in total. The minimum Gasteiger partial charge on any atom is -0.424 e. The lowest BCUT2D eigenvalue weighted by atomic mass is 9.78. The van der Waals surface area contributed by atoms with Crippen LogP contribution in [0.3, 0.4) is 0 Å². The first kappa shape index (κ1) is 27.1. The highest BCUT2D eigenvalue weighted by atomic mass is 79.9. The minimum atomic E-state index is -0.437. The van der Waals surface area contributed by atoms with E-state index in [9.17, 15) is 9.59 Å². The molecule has 0 bridgehead atoms. The van der Waals surface area contributed by atoms with Crippen LogP contribution in [0.1, 0.15) is 37.8 Å². The summed E-state index contributed by atoms with van der Waals surface area (Å²) in [6, 6.07) is 7.63. The minimum absolute atomic E-state index is 0.123. The molecule has 0 aliphatic rings. The monoisotopic (exact) mass is 720 g/mol. The van der Waals surface area contributed by atoms with Crippen LogP contribution in [-0.4, -0.2) is 23.7 Å². The normalized spacial score (nSPS) is 11.4. The molecule has 0 heterocycles. The predicted octanol–water partition coefficient (Wildman–Crippen LogP) is 8.13. The molecular weight excluding hydrogens is 707 g/mol. The van der Waals surface area contributed by atoms with Crippen LogP contribution in [0.25, 0.3) is 0 Å². The Hall–Kier alpha value is -0.120. The molecule has 0 amide bonds. The summed E-state index contributed by atoms with van der Waals surface area (Å²) in [6.07, 6.45) is 0.245. The lowest BCUT2D eigenvalue weighted by Gasteiger charge is -2.28. The zero-order valence-corrected chi connectivity index (χ0v) is 24.4. The predicted molar refractivity (Wildman–Crippen MR) is 138 cm³/mol. The van der Waals surface area contributed by atoms with E-state index in [2.05, 4.69) is 77.6 Å². The van der Waals surface area contributed by atoms with Crippen molar-refractivity contribution in [2.75, 3.05) is 11.8 Å². The standard InChI is InChI=1S/C21H18Br4Cl2O4/c1-21(2,11-7-13(22)19(14(23)8-11)30-17(28)3-5-26)12-9-15(24)20(16(25)10-12)31-18(29)4-6-27/h7-10H,3-6H2,1-2H3. The fourth-order valence-electron chi connectivity index (χ4n) is 2.69. The Kier molecular flexibility index (Phi) is 10.4. The number of hydrogen-bond acceptors (Lipinski definition) is 4. The zero-order valence-electron chi connectivity index (χ0n) is 16.5. The maximum absolute atomic E-state index is 11.8. The molecule has 0 aliphatic carbocycles. The number of rotatable bonds is 8. The molecule has 0 saturated carbocycles. The Balaban J connectivity index is 2.41. The van der Waals surface area contributed by atoms with Gasteiger partial charge in [-0.1, -0.05) is 13.8 Å². The average Bonchev–Trinajstić information content (AvgIpc) is 2.67. The van der Waals surface area contributed by atoms with Crippen LogP contribution in [0.2, 0.25) is 0 Å². The van der Waals surface area contributed by atoms with Gasteiger partial charge in [-0.15, -0.1) is 23.2 Å². The van der Waals surface area contributed by atoms with E-state index in [0.29, 0.717) is 29.4 Å². The number of halogens is 6. The third-order valence-corrected chi connectivity index (χ3v) is 7.20. The molecule has 2 aromatic carbocycles. The molecule has 0 radical (unpaired) electrons. The van der Waals surface area contributed by atoms with E-state index in [1.54, 1.807) is 0 Å². The summed E-state index contributed by atoms with van der Waals surface area (Å²) in [4.78, 5) is 23.7. The molecule has 0 aliphatic heterocycles. The van der Waals surface area contributed by atoms with Gasteiger partial charge in [0.25, 0.3) is 0 Å². The maximum Gasteiger partial charge on any atom is 0.312 e. The first-order valence-corrected chi connectivity index (χ1v) is 13.3. The smallest absolute Gasteiger partial charge is 0.312 e. The van der Waals surface area contributed by atoms with Gasteiger partial charge in [-0.25, -0.2) is 0 Å². The van der Waals surface area contributed by atoms with E-state index >= 15 is 0 Å². The second kappa shape index (κ2) is 11.8. The van der Waals surface area contributed by atoms with Crippen LogP contribution in [-0.2, 0) is 15.0 Å². The lowest BCUT2D eigenvalue weighted by Crippen LogP contribution is -2.20. The molecule has 0 aromatic heterocycles. The molecule has 0 unspecified atom stereocenters. The number of ether oxygens (including phenoxy) is 2. The molecule has 0 saturated heterocycles. The van der Waals surface area contributed by atoms with Crippen molar-refractivity contribution in [3.63, 3.8) is 0 Å². The van der Waals surface area contributed by atoms with Crippen molar-refractivity contribution in [3.8, 4) is 11.5 Å². The Bertz CT molecular complexity index is 872. The number of hydrogen-bond donors (Lipinski definition) is 0. The lowest BCUT2D eigenvalue weighted by molar-refractivity contribution is -0.134. The fourth-order valence-corrected chi connectivity index (χ4v) is 5.69.